The summed E-state index contributed by atoms with van der Waals surface area (Å²) in [6.07, 6.45) is 1.56. The lowest BCUT2D eigenvalue weighted by Crippen LogP contribution is -2.27. The van der Waals surface area contributed by atoms with Gasteiger partial charge in [-0.3, -0.25) is 14.5 Å². The topological polar surface area (TPSA) is 80.8 Å². The number of imide groups is 1. The Morgan fingerprint density at radius 1 is 0.971 bits per heavy atom. The number of thioether (sulfide) groups is 1. The van der Waals surface area contributed by atoms with Crippen LogP contribution in [0.15, 0.2) is 81.0 Å². The molecule has 1 fully saturated rings. The van der Waals surface area contributed by atoms with Gasteiger partial charge in [0.15, 0.2) is 5.75 Å². The smallest absolute Gasteiger partial charge is 0.339 e. The van der Waals surface area contributed by atoms with Crippen LogP contribution in [0, 0.1) is 0 Å². The SMILES string of the molecule is O=C1S/C(=C\c2ccc(OS(=O)(=O)c3ccc(Cl)cc3)c(Br)c2)C(=O)N1Cc1cccc(Cl)c1. The molecule has 3 aromatic carbocycles. The Balaban J connectivity index is 1.51. The molecule has 0 atom stereocenters. The van der Waals surface area contributed by atoms with Crippen LogP contribution in [0.2, 0.25) is 10.0 Å². The van der Waals surface area contributed by atoms with Crippen LogP contribution in [0.1, 0.15) is 11.1 Å². The first-order valence-electron chi connectivity index (χ1n) is 9.62. The van der Waals surface area contributed by atoms with Gasteiger partial charge in [-0.25, -0.2) is 0 Å². The predicted molar refractivity (Wildman–Crippen MR) is 136 cm³/mol. The number of nitrogens with zero attached hydrogens (tertiary/aromatic N) is 1. The Morgan fingerprint density at radius 2 is 1.71 bits per heavy atom. The second-order valence-electron chi connectivity index (χ2n) is 7.08. The quantitative estimate of drug-likeness (QED) is 0.230. The standard InChI is InChI=1S/C23H14BrCl2NO5S2/c24-19-11-14(4-9-20(19)32-34(30,31)18-7-5-16(25)6-8-18)12-21-22(28)27(23(29)33-21)13-15-2-1-3-17(26)10-15/h1-12H,13H2/b21-12-. The van der Waals surface area contributed by atoms with Gasteiger partial charge in [-0.1, -0.05) is 41.4 Å². The highest BCUT2D eigenvalue weighted by Gasteiger charge is 2.35. The monoisotopic (exact) mass is 597 g/mol. The van der Waals surface area contributed by atoms with Crippen LogP contribution < -0.4 is 4.18 Å². The number of rotatable bonds is 6. The summed E-state index contributed by atoms with van der Waals surface area (Å²) in [5.41, 5.74) is 1.32. The minimum absolute atomic E-state index is 0.0405. The van der Waals surface area contributed by atoms with Crippen LogP contribution in [0.5, 0.6) is 5.75 Å². The van der Waals surface area contributed by atoms with Gasteiger partial charge < -0.3 is 4.18 Å². The van der Waals surface area contributed by atoms with Crippen LogP contribution in [0.25, 0.3) is 6.08 Å². The third-order valence-electron chi connectivity index (χ3n) is 4.66. The zero-order chi connectivity index (χ0) is 24.5. The molecule has 0 spiro atoms. The molecule has 6 nitrogen and oxygen atoms in total. The molecule has 2 amide bonds. The van der Waals surface area contributed by atoms with Gasteiger partial charge >= 0.3 is 10.1 Å². The fourth-order valence-electron chi connectivity index (χ4n) is 3.05. The molecule has 1 saturated heterocycles. The van der Waals surface area contributed by atoms with E-state index in [2.05, 4.69) is 15.9 Å². The molecule has 0 saturated carbocycles. The summed E-state index contributed by atoms with van der Waals surface area (Å²) in [7, 11) is -4.07. The number of carbonyl (C=O) groups is 2. The highest BCUT2D eigenvalue weighted by molar-refractivity contribution is 9.10. The molecule has 11 heteroatoms. The molecule has 1 aliphatic heterocycles. The van der Waals surface area contributed by atoms with Gasteiger partial charge in [0.1, 0.15) is 4.90 Å². The zero-order valence-corrected chi connectivity index (χ0v) is 21.8. The third kappa shape index (κ3) is 5.67. The normalized spacial score (nSPS) is 15.3. The molecule has 4 rings (SSSR count). The first-order chi connectivity index (χ1) is 16.1. The van der Waals surface area contributed by atoms with Crippen molar-refractivity contribution in [3.05, 3.63) is 97.3 Å². The number of benzene rings is 3. The minimum atomic E-state index is -4.07. The Morgan fingerprint density at radius 3 is 2.38 bits per heavy atom. The molecule has 174 valence electrons. The van der Waals surface area contributed by atoms with Gasteiger partial charge in [0, 0.05) is 10.0 Å². The van der Waals surface area contributed by atoms with Gasteiger partial charge in [0.05, 0.1) is 15.9 Å². The van der Waals surface area contributed by atoms with Crippen molar-refractivity contribution >= 4 is 78.2 Å². The van der Waals surface area contributed by atoms with E-state index in [4.69, 9.17) is 27.4 Å². The lowest BCUT2D eigenvalue weighted by molar-refractivity contribution is -0.123. The Labute approximate surface area is 218 Å². The van der Waals surface area contributed by atoms with Crippen molar-refractivity contribution in [1.29, 1.82) is 0 Å². The maximum absolute atomic E-state index is 12.8. The fraction of sp³-hybridized carbons (Fsp3) is 0.0435. The van der Waals surface area contributed by atoms with Crippen molar-refractivity contribution in [3.8, 4) is 5.75 Å². The molecule has 0 bridgehead atoms. The Hall–Kier alpha value is -2.30. The number of hydrogen-bond donors (Lipinski definition) is 0. The summed E-state index contributed by atoms with van der Waals surface area (Å²) in [6.45, 7) is 0.113. The Kier molecular flexibility index (Phi) is 7.39. The fourth-order valence-corrected chi connectivity index (χ4v) is 5.76. The summed E-state index contributed by atoms with van der Waals surface area (Å²) in [4.78, 5) is 26.5. The van der Waals surface area contributed by atoms with E-state index >= 15 is 0 Å². The maximum atomic E-state index is 12.8. The molecule has 0 aliphatic carbocycles. The second kappa shape index (κ2) is 10.1. The maximum Gasteiger partial charge on any atom is 0.339 e. The third-order valence-corrected chi connectivity index (χ3v) is 7.92. The predicted octanol–water partition coefficient (Wildman–Crippen LogP) is 6.76. The lowest BCUT2D eigenvalue weighted by Gasteiger charge is -2.12. The number of amides is 2. The van der Waals surface area contributed by atoms with E-state index in [0.717, 1.165) is 22.2 Å². The molecule has 34 heavy (non-hydrogen) atoms. The van der Waals surface area contributed by atoms with Gasteiger partial charge in [-0.15, -0.1) is 0 Å². The van der Waals surface area contributed by atoms with E-state index < -0.39 is 16.0 Å². The molecule has 0 N–H and O–H groups in total. The minimum Gasteiger partial charge on any atom is -0.378 e. The molecule has 3 aromatic rings. The molecule has 1 aliphatic rings. The largest absolute Gasteiger partial charge is 0.378 e. The van der Waals surface area contributed by atoms with Crippen LogP contribution in [0.3, 0.4) is 0 Å². The zero-order valence-electron chi connectivity index (χ0n) is 17.1. The molecular formula is C23H14BrCl2NO5S2. The van der Waals surface area contributed by atoms with Gasteiger partial charge in [0.2, 0.25) is 0 Å². The van der Waals surface area contributed by atoms with Crippen molar-refractivity contribution in [2.24, 2.45) is 0 Å². The first kappa shape index (κ1) is 24.8. The van der Waals surface area contributed by atoms with Gasteiger partial charge in [0.25, 0.3) is 11.1 Å². The molecule has 0 aromatic heterocycles. The average molecular weight is 599 g/mol. The number of hydrogen-bond acceptors (Lipinski definition) is 6. The highest BCUT2D eigenvalue weighted by atomic mass is 79.9. The van der Waals surface area contributed by atoms with Gasteiger partial charge in [-0.05, 0) is 93.4 Å². The average Bonchev–Trinajstić information content (AvgIpc) is 3.03. The Bertz CT molecular complexity index is 1430. The summed E-state index contributed by atoms with van der Waals surface area (Å²) in [5.74, 6) is -0.349. The van der Waals surface area contributed by atoms with Crippen molar-refractivity contribution in [1.82, 2.24) is 4.90 Å². The summed E-state index contributed by atoms with van der Waals surface area (Å²) in [6, 6.07) is 17.2. The van der Waals surface area contributed by atoms with E-state index in [9.17, 15) is 18.0 Å². The van der Waals surface area contributed by atoms with E-state index in [0.29, 0.717) is 20.1 Å². The van der Waals surface area contributed by atoms with Gasteiger partial charge in [-0.2, -0.15) is 8.42 Å². The second-order valence-corrected chi connectivity index (χ2v) is 11.3. The van der Waals surface area contributed by atoms with Crippen LogP contribution >= 0.6 is 50.9 Å². The van der Waals surface area contributed by atoms with E-state index in [-0.39, 0.29) is 27.3 Å². The van der Waals surface area contributed by atoms with Crippen LogP contribution in [0.4, 0.5) is 4.79 Å². The lowest BCUT2D eigenvalue weighted by atomic mass is 10.2. The highest BCUT2D eigenvalue weighted by Crippen LogP contribution is 2.35. The number of carbonyl (C=O) groups excluding carboxylic acids is 2. The van der Waals surface area contributed by atoms with E-state index in [1.807, 2.05) is 0 Å². The summed E-state index contributed by atoms with van der Waals surface area (Å²) in [5, 5.41) is 0.538. The summed E-state index contributed by atoms with van der Waals surface area (Å²) >= 11 is 15.9. The van der Waals surface area contributed by atoms with Crippen molar-refractivity contribution in [2.45, 2.75) is 11.4 Å². The first-order valence-corrected chi connectivity index (χ1v) is 13.4. The van der Waals surface area contributed by atoms with E-state index in [1.165, 1.54) is 30.3 Å². The number of halogens is 3. The van der Waals surface area contributed by atoms with Crippen molar-refractivity contribution < 1.29 is 22.2 Å². The molecule has 0 unspecified atom stereocenters. The van der Waals surface area contributed by atoms with Crippen LogP contribution in [-0.2, 0) is 21.5 Å². The molecule has 0 radical (unpaired) electrons. The molecule has 1 heterocycles. The van der Waals surface area contributed by atoms with Crippen LogP contribution in [-0.4, -0.2) is 24.5 Å². The van der Waals surface area contributed by atoms with Crippen molar-refractivity contribution in [3.63, 3.8) is 0 Å². The summed E-state index contributed by atoms with van der Waals surface area (Å²) < 4.78 is 30.6. The van der Waals surface area contributed by atoms with Crippen molar-refractivity contribution in [2.75, 3.05) is 0 Å². The molecular weight excluding hydrogens is 585 g/mol. The van der Waals surface area contributed by atoms with E-state index in [1.54, 1.807) is 42.5 Å².